The molecule has 63 valence electrons. The summed E-state index contributed by atoms with van der Waals surface area (Å²) in [6, 6.07) is 8.19. The smallest absolute Gasteiger partial charge is 0.139 e. The van der Waals surface area contributed by atoms with Gasteiger partial charge in [-0.25, -0.2) is 0 Å². The van der Waals surface area contributed by atoms with Gasteiger partial charge in [0.15, 0.2) is 0 Å². The lowest BCUT2D eigenvalue weighted by Gasteiger charge is -2.15. The van der Waals surface area contributed by atoms with Crippen molar-refractivity contribution in [3.63, 3.8) is 0 Å². The Morgan fingerprint density at radius 1 is 1.33 bits per heavy atom. The van der Waals surface area contributed by atoms with Crippen LogP contribution >= 0.6 is 0 Å². The van der Waals surface area contributed by atoms with Gasteiger partial charge >= 0.3 is 0 Å². The van der Waals surface area contributed by atoms with Gasteiger partial charge in [-0.15, -0.1) is 0 Å². The predicted octanol–water partition coefficient (Wildman–Crippen LogP) is 0.996. The molecule has 12 heavy (non-hydrogen) atoms. The number of anilines is 2. The number of hydrogen-bond donors (Lipinski definition) is 2. The van der Waals surface area contributed by atoms with E-state index in [0.29, 0.717) is 6.54 Å². The first-order chi connectivity index (χ1) is 5.92. The van der Waals surface area contributed by atoms with Gasteiger partial charge < -0.3 is 16.0 Å². The molecule has 0 amide bonds. The molecule has 1 aliphatic rings. The Hall–Kier alpha value is -1.22. The second-order valence-electron chi connectivity index (χ2n) is 2.77. The van der Waals surface area contributed by atoms with E-state index in [1.807, 2.05) is 18.8 Å². The van der Waals surface area contributed by atoms with Crippen molar-refractivity contribution in [3.8, 4) is 0 Å². The summed E-state index contributed by atoms with van der Waals surface area (Å²) >= 11 is 0. The minimum atomic E-state index is 0.673. The third-order valence-corrected chi connectivity index (χ3v) is 1.96. The highest BCUT2D eigenvalue weighted by molar-refractivity contribution is 5.76. The Morgan fingerprint density at radius 2 is 2.17 bits per heavy atom. The number of benzene rings is 1. The van der Waals surface area contributed by atoms with E-state index in [-0.39, 0.29) is 0 Å². The molecule has 3 N–H and O–H groups in total. The van der Waals surface area contributed by atoms with E-state index < -0.39 is 0 Å². The van der Waals surface area contributed by atoms with Crippen LogP contribution in [-0.4, -0.2) is 13.1 Å². The maximum absolute atomic E-state index is 5.48. The molecule has 1 heterocycles. The lowest BCUT2D eigenvalue weighted by molar-refractivity contribution is 0.898. The summed E-state index contributed by atoms with van der Waals surface area (Å²) in [4.78, 5) is 2.12. The van der Waals surface area contributed by atoms with Crippen LogP contribution in [0.4, 0.5) is 11.4 Å². The minimum absolute atomic E-state index is 0.673. The molecule has 0 fully saturated rings. The monoisotopic (exact) mass is 162 g/mol. The van der Waals surface area contributed by atoms with Gasteiger partial charge in [0, 0.05) is 13.1 Å². The Kier molecular flexibility index (Phi) is 1.87. The molecule has 1 aromatic carbocycles. The molecule has 0 aliphatic carbocycles. The number of nitrogens with zero attached hydrogens (tertiary/aromatic N) is 1. The summed E-state index contributed by atoms with van der Waals surface area (Å²) in [5.74, 6) is 0. The minimum Gasteiger partial charge on any atom is -0.360 e. The topological polar surface area (TPSA) is 41.3 Å². The van der Waals surface area contributed by atoms with Gasteiger partial charge in [0.2, 0.25) is 0 Å². The van der Waals surface area contributed by atoms with Gasteiger partial charge in [-0.2, -0.15) is 0 Å². The number of fused-ring (bicyclic) bond motifs is 1. The summed E-state index contributed by atoms with van der Waals surface area (Å²) in [5.41, 5.74) is 7.85. The second-order valence-corrected chi connectivity index (χ2v) is 2.77. The zero-order valence-corrected chi connectivity index (χ0v) is 6.83. The molecule has 3 nitrogen and oxygen atoms in total. The summed E-state index contributed by atoms with van der Waals surface area (Å²) in [6.07, 6.45) is 0. The third kappa shape index (κ3) is 1.12. The molecule has 0 saturated heterocycles. The number of nitrogens with two attached hydrogens (primary N) is 1. The second kappa shape index (κ2) is 3.03. The average Bonchev–Trinajstić information content (AvgIpc) is 2.50. The van der Waals surface area contributed by atoms with Crippen LogP contribution in [0.1, 0.15) is 0 Å². The Morgan fingerprint density at radius 3 is 3.00 bits per heavy atom. The molecule has 0 unspecified atom stereocenters. The van der Waals surface area contributed by atoms with Crippen LogP contribution < -0.4 is 16.0 Å². The van der Waals surface area contributed by atoms with Crippen molar-refractivity contribution in [2.24, 2.45) is 5.73 Å². The van der Waals surface area contributed by atoms with E-state index in [1.165, 1.54) is 5.69 Å². The molecule has 0 aromatic heterocycles. The average molecular weight is 162 g/mol. The van der Waals surface area contributed by atoms with E-state index in [0.717, 1.165) is 12.2 Å². The Labute approximate surface area is 72.2 Å². The Balaban J connectivity index is 2.24. The largest absolute Gasteiger partial charge is 0.360 e. The summed E-state index contributed by atoms with van der Waals surface area (Å²) in [5, 5.41) is 3.18. The maximum atomic E-state index is 5.48. The summed E-state index contributed by atoms with van der Waals surface area (Å²) < 4.78 is 0. The Bertz CT molecular complexity index is 270. The molecular weight excluding hydrogens is 150 g/mol. The highest BCUT2D eigenvalue weighted by Gasteiger charge is 2.16. The number of para-hydroxylation sites is 2. The van der Waals surface area contributed by atoms with Crippen molar-refractivity contribution >= 4 is 11.4 Å². The lowest BCUT2D eigenvalue weighted by atomic mass is 10.3. The van der Waals surface area contributed by atoms with Crippen LogP contribution in [0, 0.1) is 6.67 Å². The van der Waals surface area contributed by atoms with E-state index in [1.54, 1.807) is 0 Å². The van der Waals surface area contributed by atoms with Gasteiger partial charge in [0.05, 0.1) is 11.4 Å². The standard InChI is InChI=1S/C9H12N3/c10-5-6-12-7-11-8-3-1-2-4-9(8)12/h1-4,7,11H,5-6,10H2. The van der Waals surface area contributed by atoms with Crippen molar-refractivity contribution in [2.75, 3.05) is 23.3 Å². The lowest BCUT2D eigenvalue weighted by Crippen LogP contribution is -2.25. The van der Waals surface area contributed by atoms with Crippen molar-refractivity contribution < 1.29 is 0 Å². The van der Waals surface area contributed by atoms with E-state index >= 15 is 0 Å². The van der Waals surface area contributed by atoms with Crippen LogP contribution in [0.3, 0.4) is 0 Å². The van der Waals surface area contributed by atoms with E-state index in [4.69, 9.17) is 5.73 Å². The zero-order valence-electron chi connectivity index (χ0n) is 6.83. The normalized spacial score (nSPS) is 14.2. The van der Waals surface area contributed by atoms with Crippen LogP contribution in [-0.2, 0) is 0 Å². The van der Waals surface area contributed by atoms with Crippen LogP contribution in [0.5, 0.6) is 0 Å². The highest BCUT2D eigenvalue weighted by Crippen LogP contribution is 2.31. The molecule has 0 atom stereocenters. The zero-order chi connectivity index (χ0) is 8.39. The van der Waals surface area contributed by atoms with E-state index in [9.17, 15) is 0 Å². The van der Waals surface area contributed by atoms with Crippen molar-refractivity contribution in [3.05, 3.63) is 30.9 Å². The molecule has 3 heteroatoms. The van der Waals surface area contributed by atoms with Gasteiger partial charge in [-0.3, -0.25) is 0 Å². The van der Waals surface area contributed by atoms with Gasteiger partial charge in [-0.1, -0.05) is 12.1 Å². The van der Waals surface area contributed by atoms with Crippen LogP contribution in [0.2, 0.25) is 0 Å². The molecular formula is C9H12N3. The van der Waals surface area contributed by atoms with Crippen molar-refractivity contribution in [1.82, 2.24) is 0 Å². The summed E-state index contributed by atoms with van der Waals surface area (Å²) in [6.45, 7) is 3.49. The molecule has 2 rings (SSSR count). The van der Waals surface area contributed by atoms with Gasteiger partial charge in [0.1, 0.15) is 6.67 Å². The van der Waals surface area contributed by atoms with Crippen molar-refractivity contribution in [1.29, 1.82) is 0 Å². The quantitative estimate of drug-likeness (QED) is 0.681. The highest BCUT2D eigenvalue weighted by atomic mass is 15.3. The molecule has 0 spiro atoms. The summed E-state index contributed by atoms with van der Waals surface area (Å²) in [7, 11) is 0. The SMILES string of the molecule is NCCN1[CH]Nc2ccccc21. The molecule has 1 aliphatic heterocycles. The molecule has 0 bridgehead atoms. The van der Waals surface area contributed by atoms with Crippen LogP contribution in [0.15, 0.2) is 24.3 Å². The number of hydrogen-bond acceptors (Lipinski definition) is 3. The molecule has 1 radical (unpaired) electrons. The van der Waals surface area contributed by atoms with Gasteiger partial charge in [-0.05, 0) is 12.1 Å². The first kappa shape index (κ1) is 7.43. The first-order valence-corrected chi connectivity index (χ1v) is 4.07. The van der Waals surface area contributed by atoms with E-state index in [2.05, 4.69) is 22.3 Å². The van der Waals surface area contributed by atoms with Crippen molar-refractivity contribution in [2.45, 2.75) is 0 Å². The number of nitrogens with one attached hydrogen (secondary N) is 1. The first-order valence-electron chi connectivity index (χ1n) is 4.07. The molecule has 1 aromatic rings. The maximum Gasteiger partial charge on any atom is 0.139 e. The fraction of sp³-hybridized carbons (Fsp3) is 0.222. The number of rotatable bonds is 2. The van der Waals surface area contributed by atoms with Crippen LogP contribution in [0.25, 0.3) is 0 Å². The third-order valence-electron chi connectivity index (χ3n) is 1.96. The fourth-order valence-corrected chi connectivity index (χ4v) is 1.39. The predicted molar refractivity (Wildman–Crippen MR) is 50.8 cm³/mol. The molecule has 0 saturated carbocycles. The fourth-order valence-electron chi connectivity index (χ4n) is 1.39. The van der Waals surface area contributed by atoms with Gasteiger partial charge in [0.25, 0.3) is 0 Å².